The molecule has 10 heteroatoms. The molecule has 3 aromatic carbocycles. The number of hydrogen-bond acceptors (Lipinski definition) is 6. The van der Waals surface area contributed by atoms with Crippen molar-refractivity contribution < 1.29 is 23.7 Å². The van der Waals surface area contributed by atoms with Crippen molar-refractivity contribution in [3.8, 4) is 0 Å². The second-order valence-corrected chi connectivity index (χ2v) is 8.07. The van der Waals surface area contributed by atoms with Gasteiger partial charge < -0.3 is 0 Å². The highest BCUT2D eigenvalue weighted by Gasteiger charge is 2.60. The smallest absolute Gasteiger partial charge is 0.269 e. The summed E-state index contributed by atoms with van der Waals surface area (Å²) in [5, 5.41) is 12.9. The Morgan fingerprint density at radius 1 is 0.879 bits per heavy atom. The maximum Gasteiger partial charge on any atom is 0.269 e. The van der Waals surface area contributed by atoms with Crippen LogP contribution in [0, 0.1) is 21.8 Å². The Labute approximate surface area is 191 Å². The molecule has 3 atom stereocenters. The fraction of sp³-hybridized carbons (Fsp3) is 0.130. The zero-order valence-electron chi connectivity index (χ0n) is 16.8. The summed E-state index contributed by atoms with van der Waals surface area (Å²) in [6.07, 6.45) is -1.11. The maximum atomic E-state index is 13.6. The summed E-state index contributed by atoms with van der Waals surface area (Å²) < 4.78 is 13.6. The molecule has 0 aliphatic carbocycles. The first-order chi connectivity index (χ1) is 15.8. The highest BCUT2D eigenvalue weighted by atomic mass is 35.5. The minimum absolute atomic E-state index is 0.160. The molecule has 2 amide bonds. The summed E-state index contributed by atoms with van der Waals surface area (Å²) in [7, 11) is 0. The Bertz CT molecular complexity index is 1250. The molecular weight excluding hydrogens is 453 g/mol. The van der Waals surface area contributed by atoms with E-state index in [1.54, 1.807) is 36.4 Å². The summed E-state index contributed by atoms with van der Waals surface area (Å²) in [6, 6.07) is 16.8. The number of hydroxylamine groups is 1. The topological polar surface area (TPSA) is 93.0 Å². The number of benzene rings is 3. The molecule has 0 bridgehead atoms. The number of fused-ring (bicyclic) bond motifs is 1. The van der Waals surface area contributed by atoms with Gasteiger partial charge in [0.1, 0.15) is 11.7 Å². The van der Waals surface area contributed by atoms with Gasteiger partial charge in [0.2, 0.25) is 5.91 Å². The number of amides is 2. The molecule has 2 heterocycles. The zero-order chi connectivity index (χ0) is 23.3. The molecule has 0 spiro atoms. The average molecular weight is 468 g/mol. The average Bonchev–Trinajstić information content (AvgIpc) is 3.31. The van der Waals surface area contributed by atoms with Gasteiger partial charge in [-0.3, -0.25) is 24.5 Å². The fourth-order valence-corrected chi connectivity index (χ4v) is 4.33. The van der Waals surface area contributed by atoms with Crippen LogP contribution in [-0.2, 0) is 14.4 Å². The number of carbonyl (C=O) groups is 2. The molecule has 33 heavy (non-hydrogen) atoms. The van der Waals surface area contributed by atoms with Gasteiger partial charge in [-0.15, -0.1) is 0 Å². The van der Waals surface area contributed by atoms with Crippen molar-refractivity contribution >= 4 is 40.5 Å². The summed E-state index contributed by atoms with van der Waals surface area (Å²) in [4.78, 5) is 44.0. The van der Waals surface area contributed by atoms with Crippen LogP contribution in [0.25, 0.3) is 0 Å². The Kier molecular flexibility index (Phi) is 5.07. The van der Waals surface area contributed by atoms with Crippen LogP contribution in [0.5, 0.6) is 0 Å². The van der Waals surface area contributed by atoms with Gasteiger partial charge >= 0.3 is 0 Å². The summed E-state index contributed by atoms with van der Waals surface area (Å²) in [6.45, 7) is 0. The normalized spacial score (nSPS) is 22.1. The number of non-ortho nitro benzene ring substituents is 1. The second-order valence-electron chi connectivity index (χ2n) is 7.64. The van der Waals surface area contributed by atoms with Crippen LogP contribution in [0.3, 0.4) is 0 Å². The molecule has 2 fully saturated rings. The van der Waals surface area contributed by atoms with Gasteiger partial charge in [0, 0.05) is 17.2 Å². The molecule has 2 aliphatic rings. The minimum atomic E-state index is -1.11. The van der Waals surface area contributed by atoms with Gasteiger partial charge in [-0.1, -0.05) is 23.7 Å². The van der Waals surface area contributed by atoms with Crippen LogP contribution < -0.4 is 9.96 Å². The molecule has 166 valence electrons. The lowest BCUT2D eigenvalue weighted by Crippen LogP contribution is -2.37. The van der Waals surface area contributed by atoms with E-state index in [0.29, 0.717) is 16.3 Å². The third-order valence-corrected chi connectivity index (χ3v) is 5.98. The van der Waals surface area contributed by atoms with E-state index in [-0.39, 0.29) is 11.4 Å². The van der Waals surface area contributed by atoms with E-state index in [2.05, 4.69) is 0 Å². The highest BCUT2D eigenvalue weighted by molar-refractivity contribution is 6.30. The molecule has 2 saturated heterocycles. The number of rotatable bonds is 4. The van der Waals surface area contributed by atoms with Crippen molar-refractivity contribution in [1.82, 2.24) is 0 Å². The first-order valence-corrected chi connectivity index (χ1v) is 10.3. The number of nitro groups is 1. The van der Waals surface area contributed by atoms with Crippen molar-refractivity contribution in [2.75, 3.05) is 9.96 Å². The summed E-state index contributed by atoms with van der Waals surface area (Å²) >= 11 is 5.99. The highest BCUT2D eigenvalue weighted by Crippen LogP contribution is 2.47. The molecule has 0 N–H and O–H groups in total. The van der Waals surface area contributed by atoms with Gasteiger partial charge in [0.25, 0.3) is 11.6 Å². The lowest BCUT2D eigenvalue weighted by atomic mass is 9.90. The van der Waals surface area contributed by atoms with Crippen molar-refractivity contribution in [2.45, 2.75) is 12.1 Å². The first kappa shape index (κ1) is 21.0. The van der Waals surface area contributed by atoms with E-state index < -0.39 is 40.6 Å². The minimum Gasteiger partial charge on any atom is -0.273 e. The Hall–Kier alpha value is -3.82. The van der Waals surface area contributed by atoms with Gasteiger partial charge in [0.05, 0.1) is 22.3 Å². The molecule has 0 saturated carbocycles. The number of anilines is 2. The lowest BCUT2D eigenvalue weighted by molar-refractivity contribution is -0.384. The standard InChI is InChI=1S/C23H15ClFN3O5/c24-14-3-7-17(8-4-14)27-20(13-1-5-15(25)6-2-13)19-21(33-27)23(30)26(22(19)29)16-9-11-18(12-10-16)28(31)32/h1-12,19-21H/t19-,20-,21+/m0/s1. The van der Waals surface area contributed by atoms with E-state index in [1.165, 1.54) is 41.5 Å². The molecule has 5 rings (SSSR count). The third-order valence-electron chi connectivity index (χ3n) is 5.73. The Balaban J connectivity index is 1.55. The van der Waals surface area contributed by atoms with Crippen molar-refractivity contribution in [2.24, 2.45) is 5.92 Å². The summed E-state index contributed by atoms with van der Waals surface area (Å²) in [5.74, 6) is -2.44. The predicted molar refractivity (Wildman–Crippen MR) is 117 cm³/mol. The van der Waals surface area contributed by atoms with E-state index in [1.807, 2.05) is 0 Å². The first-order valence-electron chi connectivity index (χ1n) is 9.94. The number of hydrogen-bond donors (Lipinski definition) is 0. The molecule has 0 unspecified atom stereocenters. The third kappa shape index (κ3) is 3.51. The van der Waals surface area contributed by atoms with Gasteiger partial charge in [0.15, 0.2) is 6.10 Å². The van der Waals surface area contributed by atoms with E-state index in [9.17, 15) is 24.1 Å². The van der Waals surface area contributed by atoms with Crippen molar-refractivity contribution in [1.29, 1.82) is 0 Å². The van der Waals surface area contributed by atoms with Crippen LogP contribution in [0.2, 0.25) is 5.02 Å². The van der Waals surface area contributed by atoms with Gasteiger partial charge in [-0.25, -0.2) is 14.4 Å². The second kappa shape index (κ2) is 7.95. The van der Waals surface area contributed by atoms with Crippen LogP contribution in [0.4, 0.5) is 21.5 Å². The molecule has 8 nitrogen and oxygen atoms in total. The number of carbonyl (C=O) groups excluding carboxylic acids is 2. The quantitative estimate of drug-likeness (QED) is 0.320. The van der Waals surface area contributed by atoms with Crippen molar-refractivity contribution in [3.63, 3.8) is 0 Å². The summed E-state index contributed by atoms with van der Waals surface area (Å²) in [5.41, 5.74) is 1.22. The molecule has 0 aromatic heterocycles. The Morgan fingerprint density at radius 2 is 1.48 bits per heavy atom. The zero-order valence-corrected chi connectivity index (χ0v) is 17.6. The number of nitrogens with zero attached hydrogens (tertiary/aromatic N) is 3. The maximum absolute atomic E-state index is 13.6. The van der Waals surface area contributed by atoms with Crippen molar-refractivity contribution in [3.05, 3.63) is 99.3 Å². The molecule has 2 aliphatic heterocycles. The molecule has 3 aromatic rings. The fourth-order valence-electron chi connectivity index (χ4n) is 4.20. The van der Waals surface area contributed by atoms with Crippen LogP contribution in [0.15, 0.2) is 72.8 Å². The largest absolute Gasteiger partial charge is 0.273 e. The van der Waals surface area contributed by atoms with Crippen LogP contribution in [-0.4, -0.2) is 22.8 Å². The molecular formula is C23H15ClFN3O5. The lowest BCUT2D eigenvalue weighted by Gasteiger charge is -2.28. The van der Waals surface area contributed by atoms with Gasteiger partial charge in [-0.05, 0) is 54.1 Å². The van der Waals surface area contributed by atoms with Gasteiger partial charge in [-0.2, -0.15) is 0 Å². The van der Waals surface area contributed by atoms with Crippen LogP contribution in [0.1, 0.15) is 11.6 Å². The number of imide groups is 1. The number of halogens is 2. The SMILES string of the molecule is O=C1[C@@H]2[C@@H](ON(c3ccc(Cl)cc3)[C@H]2c2ccc(F)cc2)C(=O)N1c1ccc([N+](=O)[O-])cc1. The van der Waals surface area contributed by atoms with E-state index >= 15 is 0 Å². The van der Waals surface area contributed by atoms with E-state index in [0.717, 1.165) is 4.90 Å². The monoisotopic (exact) mass is 467 g/mol. The molecule has 0 radical (unpaired) electrons. The Morgan fingerprint density at radius 3 is 2.09 bits per heavy atom. The number of nitro benzene ring substituents is 1. The predicted octanol–water partition coefficient (Wildman–Crippen LogP) is 4.44. The van der Waals surface area contributed by atoms with Crippen LogP contribution >= 0.6 is 11.6 Å². The van der Waals surface area contributed by atoms with E-state index in [4.69, 9.17) is 16.4 Å².